The molecule has 1 fully saturated rings. The minimum atomic E-state index is -0.324. The molecule has 2 aliphatic rings. The fourth-order valence-corrected chi connectivity index (χ4v) is 4.61. The van der Waals surface area contributed by atoms with Gasteiger partial charge in [-0.25, -0.2) is 14.8 Å². The Kier molecular flexibility index (Phi) is 6.65. The number of nitrogens with one attached hydrogen (secondary N) is 3. The third-order valence-corrected chi connectivity index (χ3v) is 6.69. The number of hydrogen-bond donors (Lipinski definition) is 3. The average Bonchev–Trinajstić information content (AvgIpc) is 3.27. The summed E-state index contributed by atoms with van der Waals surface area (Å²) >= 11 is 0. The fraction of sp³-hybridized carbons (Fsp3) is 0.440. The number of carbonyl (C=O) groups is 1. The topological polar surface area (TPSA) is 111 Å². The normalized spacial score (nSPS) is 18.3. The van der Waals surface area contributed by atoms with E-state index in [1.165, 1.54) is 5.56 Å². The van der Waals surface area contributed by atoms with Crippen molar-refractivity contribution in [1.29, 1.82) is 0 Å². The standard InChI is InChI=1S/C25H32N8O2/c1-4-32-10-9-20-22(14-32)28-23(30-24(20)33-11-12-35-15-16(33)2)18-5-7-19(8-6-18)27-25(34)29-21-13-26-31-17(21)3/h5-8,13,16H,4,9-12,14-15H2,1-3H3,(H,26,31)(H2,27,29,34). The van der Waals surface area contributed by atoms with Crippen molar-refractivity contribution in [3.05, 3.63) is 47.4 Å². The van der Waals surface area contributed by atoms with Crippen LogP contribution in [0.15, 0.2) is 30.5 Å². The Labute approximate surface area is 205 Å². The third kappa shape index (κ3) is 4.98. The van der Waals surface area contributed by atoms with E-state index in [0.717, 1.165) is 55.4 Å². The van der Waals surface area contributed by atoms with Gasteiger partial charge in [-0.15, -0.1) is 0 Å². The zero-order valence-electron chi connectivity index (χ0n) is 20.5. The number of fused-ring (bicyclic) bond motifs is 1. The Morgan fingerprint density at radius 2 is 2.03 bits per heavy atom. The number of H-pyrrole nitrogens is 1. The number of amides is 2. The minimum Gasteiger partial charge on any atom is -0.377 e. The predicted molar refractivity (Wildman–Crippen MR) is 136 cm³/mol. The van der Waals surface area contributed by atoms with Crippen LogP contribution in [0, 0.1) is 6.92 Å². The molecule has 35 heavy (non-hydrogen) atoms. The second-order valence-electron chi connectivity index (χ2n) is 9.10. The molecule has 0 radical (unpaired) electrons. The summed E-state index contributed by atoms with van der Waals surface area (Å²) in [6, 6.07) is 7.59. The first kappa shape index (κ1) is 23.3. The maximum absolute atomic E-state index is 12.3. The molecule has 0 spiro atoms. The Morgan fingerprint density at radius 1 is 1.20 bits per heavy atom. The van der Waals surface area contributed by atoms with Gasteiger partial charge in [-0.3, -0.25) is 10.00 Å². The van der Waals surface area contributed by atoms with Crippen LogP contribution in [0.25, 0.3) is 11.4 Å². The quantitative estimate of drug-likeness (QED) is 0.517. The smallest absolute Gasteiger partial charge is 0.323 e. The van der Waals surface area contributed by atoms with E-state index in [2.05, 4.69) is 44.5 Å². The van der Waals surface area contributed by atoms with Crippen molar-refractivity contribution in [2.75, 3.05) is 48.4 Å². The SMILES string of the molecule is CCN1CCc2c(nc(-c3ccc(NC(=O)Nc4cn[nH]c4C)cc3)nc2N2CCOCC2C)C1. The molecule has 1 unspecified atom stereocenters. The summed E-state index contributed by atoms with van der Waals surface area (Å²) in [6.45, 7) is 11.3. The van der Waals surface area contributed by atoms with Gasteiger partial charge in [0.1, 0.15) is 5.82 Å². The fourth-order valence-electron chi connectivity index (χ4n) is 4.61. The molecule has 1 saturated heterocycles. The Balaban J connectivity index is 1.40. The van der Waals surface area contributed by atoms with Crippen LogP contribution in [-0.4, -0.2) is 70.0 Å². The summed E-state index contributed by atoms with van der Waals surface area (Å²) in [4.78, 5) is 27.2. The van der Waals surface area contributed by atoms with E-state index in [4.69, 9.17) is 14.7 Å². The van der Waals surface area contributed by atoms with Gasteiger partial charge >= 0.3 is 6.03 Å². The molecular formula is C25H32N8O2. The van der Waals surface area contributed by atoms with Gasteiger partial charge in [0.2, 0.25) is 0 Å². The van der Waals surface area contributed by atoms with Crippen molar-refractivity contribution in [3.8, 4) is 11.4 Å². The number of likely N-dealkylation sites (N-methyl/N-ethyl adjacent to an activating group) is 1. The molecule has 0 bridgehead atoms. The number of nitrogens with zero attached hydrogens (tertiary/aromatic N) is 5. The maximum Gasteiger partial charge on any atom is 0.323 e. The van der Waals surface area contributed by atoms with E-state index >= 15 is 0 Å². The molecule has 10 heteroatoms. The molecule has 1 aromatic carbocycles. The lowest BCUT2D eigenvalue weighted by Gasteiger charge is -2.37. The molecule has 10 nitrogen and oxygen atoms in total. The highest BCUT2D eigenvalue weighted by Gasteiger charge is 2.28. The molecule has 0 saturated carbocycles. The van der Waals surface area contributed by atoms with E-state index in [-0.39, 0.29) is 12.1 Å². The monoisotopic (exact) mass is 476 g/mol. The van der Waals surface area contributed by atoms with E-state index in [0.29, 0.717) is 30.4 Å². The summed E-state index contributed by atoms with van der Waals surface area (Å²) in [5.74, 6) is 1.74. The summed E-state index contributed by atoms with van der Waals surface area (Å²) in [6.07, 6.45) is 2.54. The van der Waals surface area contributed by atoms with Crippen molar-refractivity contribution in [3.63, 3.8) is 0 Å². The second-order valence-corrected chi connectivity index (χ2v) is 9.10. The number of aryl methyl sites for hydroxylation is 1. The molecule has 2 aromatic heterocycles. The van der Waals surface area contributed by atoms with Crippen molar-refractivity contribution in [2.24, 2.45) is 0 Å². The van der Waals surface area contributed by atoms with E-state index < -0.39 is 0 Å². The second kappa shape index (κ2) is 10.0. The molecule has 184 valence electrons. The largest absolute Gasteiger partial charge is 0.377 e. The van der Waals surface area contributed by atoms with Crippen LogP contribution in [0.3, 0.4) is 0 Å². The molecule has 3 N–H and O–H groups in total. The van der Waals surface area contributed by atoms with Crippen LogP contribution in [0.5, 0.6) is 0 Å². The number of anilines is 3. The van der Waals surface area contributed by atoms with Gasteiger partial charge in [-0.2, -0.15) is 5.10 Å². The molecular weight excluding hydrogens is 444 g/mol. The Bertz CT molecular complexity index is 1190. The van der Waals surface area contributed by atoms with Crippen molar-refractivity contribution >= 4 is 23.2 Å². The zero-order valence-corrected chi connectivity index (χ0v) is 20.5. The molecule has 5 rings (SSSR count). The van der Waals surface area contributed by atoms with Gasteiger partial charge in [0.05, 0.1) is 42.5 Å². The van der Waals surface area contributed by atoms with Crippen LogP contribution in [-0.2, 0) is 17.7 Å². The van der Waals surface area contributed by atoms with Crippen molar-refractivity contribution < 1.29 is 9.53 Å². The number of urea groups is 1. The van der Waals surface area contributed by atoms with Gasteiger partial charge in [-0.1, -0.05) is 6.92 Å². The number of hydrogen-bond acceptors (Lipinski definition) is 7. The van der Waals surface area contributed by atoms with Crippen LogP contribution in [0.4, 0.5) is 22.0 Å². The van der Waals surface area contributed by atoms with Crippen LogP contribution >= 0.6 is 0 Å². The lowest BCUT2D eigenvalue weighted by molar-refractivity contribution is 0.0983. The molecule has 1 atom stereocenters. The third-order valence-electron chi connectivity index (χ3n) is 6.69. The maximum atomic E-state index is 12.3. The molecule has 0 aliphatic carbocycles. The lowest BCUT2D eigenvalue weighted by Crippen LogP contribution is -2.45. The number of carbonyl (C=O) groups excluding carboxylic acids is 1. The summed E-state index contributed by atoms with van der Waals surface area (Å²) in [7, 11) is 0. The first-order valence-electron chi connectivity index (χ1n) is 12.2. The van der Waals surface area contributed by atoms with Crippen LogP contribution in [0.2, 0.25) is 0 Å². The van der Waals surface area contributed by atoms with Gasteiger partial charge in [0.25, 0.3) is 0 Å². The number of benzene rings is 1. The van der Waals surface area contributed by atoms with E-state index in [1.807, 2.05) is 31.2 Å². The van der Waals surface area contributed by atoms with Gasteiger partial charge in [0, 0.05) is 36.4 Å². The summed E-state index contributed by atoms with van der Waals surface area (Å²) in [5.41, 5.74) is 5.41. The molecule has 4 heterocycles. The molecule has 2 aliphatic heterocycles. The molecule has 3 aromatic rings. The zero-order chi connectivity index (χ0) is 24.4. The highest BCUT2D eigenvalue weighted by atomic mass is 16.5. The number of aromatic nitrogens is 4. The van der Waals surface area contributed by atoms with Gasteiger partial charge in [-0.05, 0) is 51.1 Å². The summed E-state index contributed by atoms with van der Waals surface area (Å²) in [5, 5.41) is 12.4. The molecule has 2 amide bonds. The van der Waals surface area contributed by atoms with Gasteiger partial charge in [0.15, 0.2) is 5.82 Å². The van der Waals surface area contributed by atoms with Crippen LogP contribution in [0.1, 0.15) is 30.8 Å². The van der Waals surface area contributed by atoms with E-state index in [1.54, 1.807) is 6.20 Å². The number of aromatic amines is 1. The Hall–Kier alpha value is -3.50. The van der Waals surface area contributed by atoms with Gasteiger partial charge < -0.3 is 20.3 Å². The minimum absolute atomic E-state index is 0.267. The lowest BCUT2D eigenvalue weighted by atomic mass is 10.0. The van der Waals surface area contributed by atoms with Crippen molar-refractivity contribution in [2.45, 2.75) is 39.8 Å². The highest BCUT2D eigenvalue weighted by molar-refractivity contribution is 6.00. The van der Waals surface area contributed by atoms with Crippen molar-refractivity contribution in [1.82, 2.24) is 25.1 Å². The number of ether oxygens (including phenoxy) is 1. The predicted octanol–water partition coefficient (Wildman–Crippen LogP) is 3.42. The first-order valence-corrected chi connectivity index (χ1v) is 12.2. The first-order chi connectivity index (χ1) is 17.0. The summed E-state index contributed by atoms with van der Waals surface area (Å²) < 4.78 is 5.67. The number of morpholine rings is 1. The average molecular weight is 477 g/mol. The number of rotatable bonds is 5. The van der Waals surface area contributed by atoms with E-state index in [9.17, 15) is 4.79 Å². The Morgan fingerprint density at radius 3 is 2.74 bits per heavy atom. The highest BCUT2D eigenvalue weighted by Crippen LogP contribution is 2.31. The van der Waals surface area contributed by atoms with Crippen LogP contribution < -0.4 is 15.5 Å².